The van der Waals surface area contributed by atoms with Gasteiger partial charge in [-0.1, -0.05) is 30.3 Å². The molecule has 6 nitrogen and oxygen atoms in total. The van der Waals surface area contributed by atoms with Crippen LogP contribution in [0.4, 0.5) is 0 Å². The molecule has 0 bridgehead atoms. The van der Waals surface area contributed by atoms with Crippen molar-refractivity contribution >= 4 is 11.8 Å². The van der Waals surface area contributed by atoms with Gasteiger partial charge >= 0.3 is 0 Å². The smallest absolute Gasteiger partial charge is 0.264 e. The van der Waals surface area contributed by atoms with Crippen LogP contribution in [0.1, 0.15) is 40.9 Å². The van der Waals surface area contributed by atoms with Crippen LogP contribution in [0.5, 0.6) is 0 Å². The van der Waals surface area contributed by atoms with Crippen molar-refractivity contribution in [1.82, 2.24) is 14.8 Å². The Kier molecular flexibility index (Phi) is 5.21. The van der Waals surface area contributed by atoms with Crippen LogP contribution in [0.25, 0.3) is 0 Å². The van der Waals surface area contributed by atoms with E-state index in [1.165, 1.54) is 0 Å². The monoisotopic (exact) mass is 353 g/mol. The van der Waals surface area contributed by atoms with Crippen molar-refractivity contribution in [1.29, 1.82) is 0 Å². The van der Waals surface area contributed by atoms with E-state index in [2.05, 4.69) is 5.32 Å². The number of hydrogen-bond acceptors (Lipinski definition) is 3. The molecule has 1 aromatic carbocycles. The summed E-state index contributed by atoms with van der Waals surface area (Å²) in [5, 5.41) is 2.75. The molecule has 3 rings (SSSR count). The Bertz CT molecular complexity index is 874. The average molecular weight is 353 g/mol. The molecule has 1 N–H and O–H groups in total. The summed E-state index contributed by atoms with van der Waals surface area (Å²) in [4.78, 5) is 39.1. The lowest BCUT2D eigenvalue weighted by Crippen LogP contribution is -2.39. The number of carbonyl (C=O) groups is 2. The molecule has 1 aromatic heterocycles. The molecule has 0 saturated carbocycles. The number of aryl methyl sites for hydroxylation is 1. The fraction of sp³-hybridized carbons (Fsp3) is 0.350. The van der Waals surface area contributed by atoms with E-state index in [1.54, 1.807) is 28.7 Å². The first-order valence-electron chi connectivity index (χ1n) is 8.81. The van der Waals surface area contributed by atoms with Gasteiger partial charge in [0.05, 0.1) is 6.04 Å². The third kappa shape index (κ3) is 3.54. The Morgan fingerprint density at radius 3 is 2.58 bits per heavy atom. The lowest BCUT2D eigenvalue weighted by Gasteiger charge is -2.22. The summed E-state index contributed by atoms with van der Waals surface area (Å²) in [7, 11) is 0. The molecule has 2 heterocycles. The number of benzene rings is 1. The van der Waals surface area contributed by atoms with Crippen molar-refractivity contribution in [3.8, 4) is 0 Å². The van der Waals surface area contributed by atoms with Gasteiger partial charge in [0.2, 0.25) is 5.91 Å². The molecule has 0 spiro atoms. The van der Waals surface area contributed by atoms with Crippen LogP contribution in [-0.4, -0.2) is 40.9 Å². The number of rotatable bonds is 3. The minimum absolute atomic E-state index is 0.0693. The largest absolute Gasteiger partial charge is 0.354 e. The Hall–Kier alpha value is -2.89. The Morgan fingerprint density at radius 1 is 1.12 bits per heavy atom. The van der Waals surface area contributed by atoms with E-state index in [4.69, 9.17) is 0 Å². The molecule has 1 aliphatic heterocycles. The predicted octanol–water partition coefficient (Wildman–Crippen LogP) is 1.73. The number of nitrogens with zero attached hydrogens (tertiary/aromatic N) is 2. The van der Waals surface area contributed by atoms with Crippen LogP contribution in [0.15, 0.2) is 47.4 Å². The summed E-state index contributed by atoms with van der Waals surface area (Å²) in [6.07, 6.45) is 1.99. The Labute approximate surface area is 152 Å². The summed E-state index contributed by atoms with van der Waals surface area (Å²) in [6, 6.07) is 11.3. The molecule has 26 heavy (non-hydrogen) atoms. The second-order valence-electron chi connectivity index (χ2n) is 6.56. The minimum atomic E-state index is -0.307. The van der Waals surface area contributed by atoms with Gasteiger partial charge in [-0.2, -0.15) is 0 Å². The van der Waals surface area contributed by atoms with Gasteiger partial charge in [-0.25, -0.2) is 0 Å². The number of hydrogen-bond donors (Lipinski definition) is 1. The van der Waals surface area contributed by atoms with Gasteiger partial charge in [-0.05, 0) is 31.0 Å². The average Bonchev–Trinajstić information content (AvgIpc) is 2.86. The molecule has 1 atom stereocenters. The molecular weight excluding hydrogens is 330 g/mol. The van der Waals surface area contributed by atoms with Gasteiger partial charge in [0.1, 0.15) is 5.56 Å². The Morgan fingerprint density at radius 2 is 1.85 bits per heavy atom. The fourth-order valence-electron chi connectivity index (χ4n) is 3.23. The maximum atomic E-state index is 13.1. The van der Waals surface area contributed by atoms with Crippen LogP contribution >= 0.6 is 0 Å². The molecule has 2 aromatic rings. The molecule has 2 amide bonds. The quantitative estimate of drug-likeness (QED) is 0.913. The summed E-state index contributed by atoms with van der Waals surface area (Å²) in [6.45, 7) is 4.85. The van der Waals surface area contributed by atoms with Crippen molar-refractivity contribution in [2.75, 3.05) is 19.6 Å². The molecule has 1 fully saturated rings. The maximum absolute atomic E-state index is 13.1. The van der Waals surface area contributed by atoms with E-state index >= 15 is 0 Å². The molecule has 0 aliphatic carbocycles. The zero-order chi connectivity index (χ0) is 18.7. The highest BCUT2D eigenvalue weighted by atomic mass is 16.2. The first-order valence-corrected chi connectivity index (χ1v) is 8.81. The zero-order valence-electron chi connectivity index (χ0n) is 15.1. The van der Waals surface area contributed by atoms with E-state index in [0.717, 1.165) is 5.56 Å². The van der Waals surface area contributed by atoms with Crippen LogP contribution in [-0.2, 0) is 4.79 Å². The van der Waals surface area contributed by atoms with E-state index in [0.29, 0.717) is 25.2 Å². The van der Waals surface area contributed by atoms with Gasteiger partial charge in [-0.15, -0.1) is 0 Å². The highest BCUT2D eigenvalue weighted by Gasteiger charge is 2.25. The number of aromatic nitrogens is 1. The number of nitrogens with one attached hydrogen (secondary N) is 1. The summed E-state index contributed by atoms with van der Waals surface area (Å²) in [5.74, 6) is -0.376. The van der Waals surface area contributed by atoms with Gasteiger partial charge in [-0.3, -0.25) is 14.4 Å². The van der Waals surface area contributed by atoms with Crippen molar-refractivity contribution in [2.45, 2.75) is 26.3 Å². The maximum Gasteiger partial charge on any atom is 0.264 e. The van der Waals surface area contributed by atoms with Crippen LogP contribution in [0, 0.1) is 6.92 Å². The van der Waals surface area contributed by atoms with E-state index < -0.39 is 0 Å². The molecular formula is C20H23N3O3. The van der Waals surface area contributed by atoms with Gasteiger partial charge in [0, 0.05) is 32.3 Å². The summed E-state index contributed by atoms with van der Waals surface area (Å²) in [5.41, 5.74) is 1.54. The molecule has 1 saturated heterocycles. The lowest BCUT2D eigenvalue weighted by atomic mass is 10.1. The second kappa shape index (κ2) is 7.56. The van der Waals surface area contributed by atoms with E-state index in [9.17, 15) is 14.4 Å². The van der Waals surface area contributed by atoms with Crippen LogP contribution in [0.2, 0.25) is 0 Å². The SMILES string of the molecule is Cc1ccn(C(C)c2ccccc2)c(=O)c1C(=O)N1CCNC(=O)CC1. The summed E-state index contributed by atoms with van der Waals surface area (Å²) >= 11 is 0. The topological polar surface area (TPSA) is 71.4 Å². The highest BCUT2D eigenvalue weighted by molar-refractivity contribution is 5.95. The van der Waals surface area contributed by atoms with Gasteiger partial charge < -0.3 is 14.8 Å². The molecule has 0 radical (unpaired) electrons. The minimum Gasteiger partial charge on any atom is -0.354 e. The molecule has 136 valence electrons. The normalized spacial score (nSPS) is 15.9. The van der Waals surface area contributed by atoms with Crippen molar-refractivity contribution in [3.05, 3.63) is 69.6 Å². The first kappa shape index (κ1) is 17.9. The first-order chi connectivity index (χ1) is 12.5. The highest BCUT2D eigenvalue weighted by Crippen LogP contribution is 2.17. The number of carbonyl (C=O) groups excluding carboxylic acids is 2. The zero-order valence-corrected chi connectivity index (χ0v) is 15.1. The molecule has 1 aliphatic rings. The number of amides is 2. The third-order valence-corrected chi connectivity index (χ3v) is 4.84. The van der Waals surface area contributed by atoms with Gasteiger partial charge in [0.25, 0.3) is 11.5 Å². The van der Waals surface area contributed by atoms with Crippen molar-refractivity contribution < 1.29 is 9.59 Å². The van der Waals surface area contributed by atoms with Crippen LogP contribution in [0.3, 0.4) is 0 Å². The summed E-state index contributed by atoms with van der Waals surface area (Å²) < 4.78 is 1.59. The third-order valence-electron chi connectivity index (χ3n) is 4.84. The van der Waals surface area contributed by atoms with E-state index in [1.807, 2.05) is 37.3 Å². The molecule has 6 heteroatoms. The molecule has 1 unspecified atom stereocenters. The standard InChI is InChI=1S/C20H23N3O3/c1-14-8-12-23(15(2)16-6-4-3-5-7-16)20(26)18(14)19(25)22-11-9-17(24)21-10-13-22/h3-8,12,15H,9-11,13H2,1-2H3,(H,21,24). The Balaban J connectivity index is 1.96. The van der Waals surface area contributed by atoms with Crippen molar-refractivity contribution in [3.63, 3.8) is 0 Å². The second-order valence-corrected chi connectivity index (χ2v) is 6.56. The number of pyridine rings is 1. The van der Waals surface area contributed by atoms with Gasteiger partial charge in [0.15, 0.2) is 0 Å². The fourth-order valence-corrected chi connectivity index (χ4v) is 3.23. The van der Waals surface area contributed by atoms with E-state index in [-0.39, 0.29) is 35.4 Å². The predicted molar refractivity (Wildman–Crippen MR) is 99.2 cm³/mol. The van der Waals surface area contributed by atoms with Crippen molar-refractivity contribution in [2.24, 2.45) is 0 Å². The lowest BCUT2D eigenvalue weighted by molar-refractivity contribution is -0.120. The van der Waals surface area contributed by atoms with Crippen LogP contribution < -0.4 is 10.9 Å².